The fourth-order valence-electron chi connectivity index (χ4n) is 3.34. The molecule has 1 rings (SSSR count). The van der Waals surface area contributed by atoms with Crippen LogP contribution < -0.4 is 0 Å². The van der Waals surface area contributed by atoms with Gasteiger partial charge in [-0.1, -0.05) is 0 Å². The summed E-state index contributed by atoms with van der Waals surface area (Å²) in [7, 11) is -0.908. The van der Waals surface area contributed by atoms with E-state index in [0.29, 0.717) is 25.4 Å². The van der Waals surface area contributed by atoms with Crippen molar-refractivity contribution in [3.8, 4) is 0 Å². The number of carbonyl (C=O) groups excluding carboxylic acids is 1. The minimum atomic E-state index is -2.28. The molecule has 0 heterocycles. The number of ether oxygens (including phenoxy) is 1. The summed E-state index contributed by atoms with van der Waals surface area (Å²) in [5.41, 5.74) is 3.15. The number of hydrogen-bond donors (Lipinski definition) is 0. The second-order valence-corrected chi connectivity index (χ2v) is 8.43. The van der Waals surface area contributed by atoms with Crippen molar-refractivity contribution < 1.29 is 23.1 Å². The Bertz CT molecular complexity index is 490. The molecular weight excluding hydrogens is 339 g/mol. The van der Waals surface area contributed by atoms with Gasteiger partial charge in [0.2, 0.25) is 0 Å². The van der Waals surface area contributed by atoms with E-state index >= 15 is 0 Å². The molecule has 0 saturated carbocycles. The molecule has 6 heteroatoms. The van der Waals surface area contributed by atoms with E-state index in [9.17, 15) is 4.79 Å². The summed E-state index contributed by atoms with van der Waals surface area (Å²) in [6.07, 6.45) is 6.55. The summed E-state index contributed by atoms with van der Waals surface area (Å²) in [6, 6.07) is 0. The zero-order valence-corrected chi connectivity index (χ0v) is 17.8. The van der Waals surface area contributed by atoms with Crippen molar-refractivity contribution in [3.63, 3.8) is 0 Å². The van der Waals surface area contributed by atoms with Crippen molar-refractivity contribution in [1.29, 1.82) is 0 Å². The maximum atomic E-state index is 11.7. The van der Waals surface area contributed by atoms with Gasteiger partial charge < -0.3 is 0 Å². The molecule has 0 atom stereocenters. The van der Waals surface area contributed by atoms with Crippen LogP contribution in [-0.4, -0.2) is 26.3 Å². The Morgan fingerprint density at radius 2 is 1.88 bits per heavy atom. The van der Waals surface area contributed by atoms with Gasteiger partial charge >= 0.3 is 153 Å². The molecule has 0 aliphatic heterocycles. The van der Waals surface area contributed by atoms with Crippen LogP contribution in [0.5, 0.6) is 0 Å². The van der Waals surface area contributed by atoms with Gasteiger partial charge in [0.25, 0.3) is 0 Å². The van der Waals surface area contributed by atoms with Crippen molar-refractivity contribution >= 4 is 14.6 Å². The van der Waals surface area contributed by atoms with Gasteiger partial charge in [-0.05, 0) is 0 Å². The number of hydrogen-bond acceptors (Lipinski definition) is 5. The first kappa shape index (κ1) is 22.1. The van der Waals surface area contributed by atoms with Crippen LogP contribution in [0.4, 0.5) is 0 Å². The minimum absolute atomic E-state index is 0.204. The Hall–Kier alpha value is -0.900. The Labute approximate surface area is 153 Å². The van der Waals surface area contributed by atoms with E-state index in [1.807, 2.05) is 13.8 Å². The molecular formula is C19H35O5P. The predicted molar refractivity (Wildman–Crippen MR) is 104 cm³/mol. The van der Waals surface area contributed by atoms with Crippen LogP contribution in [0.25, 0.3) is 0 Å². The van der Waals surface area contributed by atoms with Crippen LogP contribution in [0, 0.1) is 5.41 Å². The van der Waals surface area contributed by atoms with Crippen molar-refractivity contribution in [2.75, 3.05) is 20.3 Å². The van der Waals surface area contributed by atoms with Crippen LogP contribution in [-0.2, 0) is 23.1 Å². The SMILES string of the molecule is CCO[PH2](OCC)OC(=CC(=O)OC)CCC1=C(C)CCCC1(C)C. The van der Waals surface area contributed by atoms with Gasteiger partial charge in [0.05, 0.1) is 0 Å². The number of carbonyl (C=O) groups is 1. The van der Waals surface area contributed by atoms with Gasteiger partial charge in [0.15, 0.2) is 0 Å². The maximum absolute atomic E-state index is 11.7. The Balaban J connectivity index is 2.87. The van der Waals surface area contributed by atoms with Crippen molar-refractivity contribution in [3.05, 3.63) is 23.0 Å². The molecule has 0 amide bonds. The third-order valence-corrected chi connectivity index (χ3v) is 6.35. The summed E-state index contributed by atoms with van der Waals surface area (Å²) in [5, 5.41) is 0. The molecule has 1 aliphatic rings. The summed E-state index contributed by atoms with van der Waals surface area (Å²) in [5.74, 6) is 0.177. The Morgan fingerprint density at radius 1 is 1.24 bits per heavy atom. The van der Waals surface area contributed by atoms with Crippen LogP contribution in [0.2, 0.25) is 0 Å². The van der Waals surface area contributed by atoms with Gasteiger partial charge in [0.1, 0.15) is 0 Å². The second-order valence-electron chi connectivity index (χ2n) is 6.95. The molecule has 0 unspecified atom stereocenters. The average Bonchev–Trinajstić information content (AvgIpc) is 2.53. The van der Waals surface area contributed by atoms with E-state index in [1.165, 1.54) is 37.2 Å². The van der Waals surface area contributed by atoms with Gasteiger partial charge in [-0.15, -0.1) is 0 Å². The summed E-state index contributed by atoms with van der Waals surface area (Å²) in [4.78, 5) is 11.7. The molecule has 0 fully saturated rings. The average molecular weight is 374 g/mol. The number of allylic oxidation sites excluding steroid dienone is 3. The van der Waals surface area contributed by atoms with Crippen LogP contribution in [0.15, 0.2) is 23.0 Å². The first-order valence-electron chi connectivity index (χ1n) is 9.21. The topological polar surface area (TPSA) is 54.0 Å². The molecule has 1 aliphatic carbocycles. The van der Waals surface area contributed by atoms with Gasteiger partial charge in [-0.2, -0.15) is 0 Å². The van der Waals surface area contributed by atoms with E-state index in [0.717, 1.165) is 12.8 Å². The Kier molecular flexibility index (Phi) is 9.70. The number of rotatable bonds is 10. The number of methoxy groups -OCH3 is 1. The molecule has 0 aromatic heterocycles. The van der Waals surface area contributed by atoms with Crippen molar-refractivity contribution in [1.82, 2.24) is 0 Å². The van der Waals surface area contributed by atoms with Crippen molar-refractivity contribution in [2.24, 2.45) is 5.41 Å². The number of esters is 1. The van der Waals surface area contributed by atoms with Crippen molar-refractivity contribution in [2.45, 2.75) is 66.7 Å². The monoisotopic (exact) mass is 374 g/mol. The van der Waals surface area contributed by atoms with E-state index in [4.69, 9.17) is 18.3 Å². The van der Waals surface area contributed by atoms with Gasteiger partial charge in [0, 0.05) is 0 Å². The van der Waals surface area contributed by atoms with E-state index < -0.39 is 14.6 Å². The van der Waals surface area contributed by atoms with Crippen LogP contribution in [0.1, 0.15) is 66.7 Å². The normalized spacial score (nSPS) is 18.2. The molecule has 0 radical (unpaired) electrons. The molecule has 0 bridgehead atoms. The molecule has 0 aromatic rings. The summed E-state index contributed by atoms with van der Waals surface area (Å²) >= 11 is 0. The molecule has 25 heavy (non-hydrogen) atoms. The molecule has 0 aromatic carbocycles. The predicted octanol–water partition coefficient (Wildman–Crippen LogP) is 5.13. The second kappa shape index (κ2) is 10.9. The van der Waals surface area contributed by atoms with E-state index in [2.05, 4.69) is 20.8 Å². The van der Waals surface area contributed by atoms with E-state index in [1.54, 1.807) is 0 Å². The molecule has 146 valence electrons. The fraction of sp³-hybridized carbons (Fsp3) is 0.737. The summed E-state index contributed by atoms with van der Waals surface area (Å²) < 4.78 is 21.8. The quantitative estimate of drug-likeness (QED) is 0.174. The fourth-order valence-corrected chi connectivity index (χ4v) is 4.55. The first-order chi connectivity index (χ1) is 11.8. The van der Waals surface area contributed by atoms with Crippen LogP contribution >= 0.6 is 8.60 Å². The molecule has 0 spiro atoms. The van der Waals surface area contributed by atoms with Gasteiger partial charge in [-0.25, -0.2) is 0 Å². The van der Waals surface area contributed by atoms with Crippen LogP contribution in [0.3, 0.4) is 0 Å². The summed E-state index contributed by atoms with van der Waals surface area (Å²) in [6.45, 7) is 11.7. The van der Waals surface area contributed by atoms with Gasteiger partial charge in [-0.3, -0.25) is 0 Å². The third-order valence-electron chi connectivity index (χ3n) is 4.64. The Morgan fingerprint density at radius 3 is 2.40 bits per heavy atom. The zero-order chi connectivity index (χ0) is 18.9. The van der Waals surface area contributed by atoms with E-state index in [-0.39, 0.29) is 5.41 Å². The zero-order valence-electron chi connectivity index (χ0n) is 16.6. The molecule has 0 saturated heterocycles. The molecule has 0 N–H and O–H groups in total. The molecule has 5 nitrogen and oxygen atoms in total. The first-order valence-corrected chi connectivity index (χ1v) is 10.6. The third kappa shape index (κ3) is 7.47. The standard InChI is InChI=1S/C19H35O5P/c1-7-22-25(23-8-2)24-16(14-18(20)21-6)11-12-17-15(3)10-9-13-19(17,4)5/h14H,7-13,25H2,1-6H3.